The highest BCUT2D eigenvalue weighted by atomic mass is 19.1. The van der Waals surface area contributed by atoms with E-state index in [-0.39, 0.29) is 17.6 Å². The van der Waals surface area contributed by atoms with Gasteiger partial charge in [0.2, 0.25) is 0 Å². The summed E-state index contributed by atoms with van der Waals surface area (Å²) in [5.41, 5.74) is 4.51. The summed E-state index contributed by atoms with van der Waals surface area (Å²) in [7, 11) is 4.11. The number of aromatic hydroxyl groups is 1. The van der Waals surface area contributed by atoms with Crippen LogP contribution in [0, 0.1) is 12.7 Å². The lowest BCUT2D eigenvalue weighted by atomic mass is 9.97. The number of halogens is 1. The Morgan fingerprint density at radius 1 is 1.06 bits per heavy atom. The van der Waals surface area contributed by atoms with Gasteiger partial charge < -0.3 is 19.8 Å². The molecule has 0 unspecified atom stereocenters. The Bertz CT molecular complexity index is 1220. The molecule has 5 rings (SSSR count). The molecule has 3 aromatic rings. The number of carbonyl (C=O) groups excluding carboxylic acids is 1. The lowest BCUT2D eigenvalue weighted by Gasteiger charge is -2.30. The molecule has 0 radical (unpaired) electrons. The molecular weight excluding hydrogens is 419 g/mol. The third-order valence-corrected chi connectivity index (χ3v) is 6.86. The maximum Gasteiger partial charge on any atom is 0.258 e. The van der Waals surface area contributed by atoms with Gasteiger partial charge in [-0.15, -0.1) is 0 Å². The average molecular weight is 449 g/mol. The third-order valence-electron chi connectivity index (χ3n) is 6.86. The second-order valence-electron chi connectivity index (χ2n) is 9.28. The summed E-state index contributed by atoms with van der Waals surface area (Å²) < 4.78 is 16.8. The highest BCUT2D eigenvalue weighted by Gasteiger charge is 2.29. The fourth-order valence-electron chi connectivity index (χ4n) is 4.96. The molecule has 1 N–H and O–H groups in total. The molecule has 6 nitrogen and oxygen atoms in total. The average Bonchev–Trinajstić information content (AvgIpc) is 3.40. The summed E-state index contributed by atoms with van der Waals surface area (Å²) in [5, 5.41) is 10.1. The normalized spacial score (nSPS) is 18.3. The number of hydrogen-bond donors (Lipinski definition) is 1. The molecule has 1 atom stereocenters. The standard InChI is InChI=1S/C26H29FN4O2/c1-17-12-25(32)31(15-17)19-4-6-22-18(13-19)8-11-30(26(22)33)20-5-7-24(23(27)14-20)29-10-9-21(16-29)28(2)3/h4-7,12-15,21,32H,8-11,16H2,1-3H3/t21-/m1/s1. The Hall–Kier alpha value is -3.32. The van der Waals surface area contributed by atoms with E-state index in [2.05, 4.69) is 23.9 Å². The minimum absolute atomic E-state index is 0.128. The van der Waals surface area contributed by atoms with E-state index in [9.17, 15) is 9.90 Å². The maximum absolute atomic E-state index is 15.1. The van der Waals surface area contributed by atoms with Crippen molar-refractivity contribution in [2.75, 3.05) is 43.5 Å². The monoisotopic (exact) mass is 448 g/mol. The van der Waals surface area contributed by atoms with Crippen molar-refractivity contribution in [1.82, 2.24) is 9.47 Å². The van der Waals surface area contributed by atoms with Crippen LogP contribution in [0.4, 0.5) is 15.8 Å². The number of anilines is 2. The van der Waals surface area contributed by atoms with Crippen molar-refractivity contribution in [3.8, 4) is 11.6 Å². The SMILES string of the molecule is Cc1cc(O)n(-c2ccc3c(c2)CCN(c2ccc(N4CC[C@@H](N(C)C)C4)c(F)c2)C3=O)c1. The van der Waals surface area contributed by atoms with Gasteiger partial charge in [-0.1, -0.05) is 0 Å². The van der Waals surface area contributed by atoms with E-state index in [1.165, 1.54) is 6.07 Å². The van der Waals surface area contributed by atoms with Gasteiger partial charge in [0, 0.05) is 54.9 Å². The topological polar surface area (TPSA) is 52.0 Å². The first-order chi connectivity index (χ1) is 15.8. The zero-order chi connectivity index (χ0) is 23.3. The fraction of sp³-hybridized carbons (Fsp3) is 0.346. The van der Waals surface area contributed by atoms with Crippen LogP contribution in [0.15, 0.2) is 48.7 Å². The van der Waals surface area contributed by atoms with E-state index in [1.807, 2.05) is 31.3 Å². The Morgan fingerprint density at radius 2 is 1.85 bits per heavy atom. The van der Waals surface area contributed by atoms with Crippen LogP contribution in [0.3, 0.4) is 0 Å². The van der Waals surface area contributed by atoms with Gasteiger partial charge in [0.25, 0.3) is 5.91 Å². The van der Waals surface area contributed by atoms with Crippen LogP contribution in [-0.4, -0.2) is 60.3 Å². The predicted molar refractivity (Wildman–Crippen MR) is 128 cm³/mol. The number of fused-ring (bicyclic) bond motifs is 1. The molecule has 172 valence electrons. The first-order valence-electron chi connectivity index (χ1n) is 11.4. The highest BCUT2D eigenvalue weighted by Crippen LogP contribution is 2.32. The minimum Gasteiger partial charge on any atom is -0.494 e. The summed E-state index contributed by atoms with van der Waals surface area (Å²) in [5.74, 6) is -0.252. The van der Waals surface area contributed by atoms with Gasteiger partial charge in [0.15, 0.2) is 5.88 Å². The number of likely N-dealkylation sites (N-methyl/N-ethyl adjacent to an activating group) is 1. The predicted octanol–water partition coefficient (Wildman–Crippen LogP) is 3.97. The number of aromatic nitrogens is 1. The van der Waals surface area contributed by atoms with Crippen molar-refractivity contribution >= 4 is 17.3 Å². The number of aryl methyl sites for hydroxylation is 1. The van der Waals surface area contributed by atoms with Crippen LogP contribution in [0.2, 0.25) is 0 Å². The third kappa shape index (κ3) is 3.86. The van der Waals surface area contributed by atoms with Crippen molar-refractivity contribution in [1.29, 1.82) is 0 Å². The molecule has 0 bridgehead atoms. The van der Waals surface area contributed by atoms with E-state index < -0.39 is 0 Å². The van der Waals surface area contributed by atoms with Gasteiger partial charge in [0.1, 0.15) is 5.82 Å². The van der Waals surface area contributed by atoms with Crippen molar-refractivity contribution in [3.63, 3.8) is 0 Å². The van der Waals surface area contributed by atoms with Crippen molar-refractivity contribution < 1.29 is 14.3 Å². The molecule has 3 heterocycles. The zero-order valence-corrected chi connectivity index (χ0v) is 19.3. The van der Waals surface area contributed by atoms with Crippen LogP contribution >= 0.6 is 0 Å². The molecule has 1 saturated heterocycles. The van der Waals surface area contributed by atoms with Gasteiger partial charge in [0.05, 0.1) is 5.69 Å². The summed E-state index contributed by atoms with van der Waals surface area (Å²) >= 11 is 0. The Balaban J connectivity index is 1.37. The molecule has 2 aliphatic rings. The molecule has 0 saturated carbocycles. The lowest BCUT2D eigenvalue weighted by molar-refractivity contribution is 0.0980. The van der Waals surface area contributed by atoms with Crippen LogP contribution in [0.5, 0.6) is 5.88 Å². The fourth-order valence-corrected chi connectivity index (χ4v) is 4.96. The van der Waals surface area contributed by atoms with Gasteiger partial charge >= 0.3 is 0 Å². The smallest absolute Gasteiger partial charge is 0.258 e. The number of hydrogen-bond acceptors (Lipinski definition) is 4. The van der Waals surface area contributed by atoms with Gasteiger partial charge in [-0.3, -0.25) is 9.36 Å². The molecule has 0 spiro atoms. The second kappa shape index (κ2) is 8.23. The number of amides is 1. The summed E-state index contributed by atoms with van der Waals surface area (Å²) in [6.45, 7) is 4.04. The molecule has 0 aliphatic carbocycles. The van der Waals surface area contributed by atoms with Gasteiger partial charge in [-0.05, 0) is 81.4 Å². The van der Waals surface area contributed by atoms with E-state index in [0.29, 0.717) is 35.9 Å². The Morgan fingerprint density at radius 3 is 2.52 bits per heavy atom. The Kier molecular flexibility index (Phi) is 5.37. The van der Waals surface area contributed by atoms with Gasteiger partial charge in [-0.25, -0.2) is 4.39 Å². The summed E-state index contributed by atoms with van der Waals surface area (Å²) in [6, 6.07) is 12.8. The molecule has 2 aliphatic heterocycles. The molecule has 1 fully saturated rings. The number of rotatable bonds is 4. The molecule has 33 heavy (non-hydrogen) atoms. The van der Waals surface area contributed by atoms with E-state index in [0.717, 1.165) is 36.3 Å². The largest absolute Gasteiger partial charge is 0.494 e. The van der Waals surface area contributed by atoms with Crippen LogP contribution in [-0.2, 0) is 6.42 Å². The van der Waals surface area contributed by atoms with Crippen molar-refractivity contribution in [2.24, 2.45) is 0 Å². The van der Waals surface area contributed by atoms with Crippen LogP contribution in [0.25, 0.3) is 5.69 Å². The number of nitrogens with zero attached hydrogens (tertiary/aromatic N) is 4. The Labute approximate surface area is 193 Å². The molecule has 1 amide bonds. The lowest BCUT2D eigenvalue weighted by Crippen LogP contribution is -2.37. The van der Waals surface area contributed by atoms with Crippen molar-refractivity contribution in [3.05, 3.63) is 71.2 Å². The van der Waals surface area contributed by atoms with E-state index in [1.54, 1.807) is 27.7 Å². The van der Waals surface area contributed by atoms with Crippen LogP contribution in [0.1, 0.15) is 27.9 Å². The van der Waals surface area contributed by atoms with E-state index >= 15 is 4.39 Å². The summed E-state index contributed by atoms with van der Waals surface area (Å²) in [4.78, 5) is 19.2. The molecule has 2 aromatic carbocycles. The maximum atomic E-state index is 15.1. The molecule has 1 aromatic heterocycles. The summed E-state index contributed by atoms with van der Waals surface area (Å²) in [6.07, 6.45) is 3.54. The van der Waals surface area contributed by atoms with Gasteiger partial charge in [-0.2, -0.15) is 0 Å². The number of benzene rings is 2. The second-order valence-corrected chi connectivity index (χ2v) is 9.28. The number of carbonyl (C=O) groups is 1. The zero-order valence-electron chi connectivity index (χ0n) is 19.3. The first-order valence-corrected chi connectivity index (χ1v) is 11.4. The van der Waals surface area contributed by atoms with E-state index in [4.69, 9.17) is 0 Å². The molecule has 7 heteroatoms. The molecular formula is C26H29FN4O2. The van der Waals surface area contributed by atoms with Crippen molar-refractivity contribution in [2.45, 2.75) is 25.8 Å². The first kappa shape index (κ1) is 21.5. The van der Waals surface area contributed by atoms with Crippen LogP contribution < -0.4 is 9.80 Å². The highest BCUT2D eigenvalue weighted by molar-refractivity contribution is 6.08. The minimum atomic E-state index is -0.292. The quantitative estimate of drug-likeness (QED) is 0.656.